The number of carbonyl (C=O) groups excluding carboxylic acids is 1. The van der Waals surface area contributed by atoms with Crippen LogP contribution in [0.4, 0.5) is 6.01 Å². The fourth-order valence-electron chi connectivity index (χ4n) is 1.37. The second-order valence-electron chi connectivity index (χ2n) is 3.08. The summed E-state index contributed by atoms with van der Waals surface area (Å²) in [7, 11) is 0. The number of aryl methyl sites for hydroxylation is 1. The zero-order valence-corrected chi connectivity index (χ0v) is 7.57. The Hall–Kier alpha value is -2.04. The summed E-state index contributed by atoms with van der Waals surface area (Å²) >= 11 is 0. The van der Waals surface area contributed by atoms with Crippen molar-refractivity contribution < 1.29 is 9.21 Å². The topological polar surface area (TPSA) is 95.1 Å². The largest absolute Gasteiger partial charge is 0.424 e. The van der Waals surface area contributed by atoms with Gasteiger partial charge in [0.2, 0.25) is 0 Å². The van der Waals surface area contributed by atoms with Gasteiger partial charge < -0.3 is 15.9 Å². The predicted molar refractivity (Wildman–Crippen MR) is 51.7 cm³/mol. The minimum atomic E-state index is -0.535. The first-order valence-corrected chi connectivity index (χ1v) is 4.04. The molecule has 1 amide bonds. The minimum absolute atomic E-state index is 0.0353. The third-order valence-corrected chi connectivity index (χ3v) is 1.92. The molecule has 5 nitrogen and oxygen atoms in total. The van der Waals surface area contributed by atoms with Crippen molar-refractivity contribution in [2.45, 2.75) is 6.92 Å². The maximum atomic E-state index is 11.1. The number of nitrogen functional groups attached to an aromatic ring is 1. The number of anilines is 1. The molecule has 0 atom stereocenters. The number of carbonyl (C=O) groups is 1. The summed E-state index contributed by atoms with van der Waals surface area (Å²) in [6.45, 7) is 1.84. The molecular weight excluding hydrogens is 182 g/mol. The summed E-state index contributed by atoms with van der Waals surface area (Å²) < 4.78 is 5.10. The van der Waals surface area contributed by atoms with E-state index in [4.69, 9.17) is 15.9 Å². The molecule has 1 heterocycles. The van der Waals surface area contributed by atoms with Gasteiger partial charge in [-0.25, -0.2) is 0 Å². The van der Waals surface area contributed by atoms with Gasteiger partial charge in [-0.05, 0) is 24.6 Å². The van der Waals surface area contributed by atoms with E-state index in [1.807, 2.05) is 6.92 Å². The Bertz CT molecular complexity index is 516. The van der Waals surface area contributed by atoms with Crippen LogP contribution in [0.15, 0.2) is 16.5 Å². The van der Waals surface area contributed by atoms with Crippen LogP contribution in [0.2, 0.25) is 0 Å². The highest BCUT2D eigenvalue weighted by Crippen LogP contribution is 2.22. The average Bonchev–Trinajstić information content (AvgIpc) is 2.42. The summed E-state index contributed by atoms with van der Waals surface area (Å²) in [5.41, 5.74) is 12.7. The summed E-state index contributed by atoms with van der Waals surface area (Å²) in [4.78, 5) is 15.0. The average molecular weight is 191 g/mol. The van der Waals surface area contributed by atoms with Gasteiger partial charge in [-0.3, -0.25) is 4.79 Å². The van der Waals surface area contributed by atoms with E-state index in [-0.39, 0.29) is 6.01 Å². The number of nitrogens with two attached hydrogens (primary N) is 2. The summed E-state index contributed by atoms with van der Waals surface area (Å²) in [6, 6.07) is 3.45. The number of aromatic nitrogens is 1. The van der Waals surface area contributed by atoms with Crippen LogP contribution in [0, 0.1) is 6.92 Å². The van der Waals surface area contributed by atoms with Crippen LogP contribution in [-0.2, 0) is 0 Å². The van der Waals surface area contributed by atoms with Gasteiger partial charge in [0.1, 0.15) is 5.52 Å². The van der Waals surface area contributed by atoms with Crippen molar-refractivity contribution in [3.63, 3.8) is 0 Å². The van der Waals surface area contributed by atoms with Crippen LogP contribution in [0.25, 0.3) is 11.1 Å². The van der Waals surface area contributed by atoms with Gasteiger partial charge in [-0.2, -0.15) is 4.98 Å². The van der Waals surface area contributed by atoms with Crippen LogP contribution < -0.4 is 11.5 Å². The molecule has 0 fully saturated rings. The molecular formula is C9H9N3O2. The highest BCUT2D eigenvalue weighted by Gasteiger charge is 2.12. The SMILES string of the molecule is Cc1cc(C(N)=O)c2nc(N)oc2c1. The number of primary amides is 1. The molecule has 0 aliphatic carbocycles. The van der Waals surface area contributed by atoms with Crippen LogP contribution in [0.1, 0.15) is 15.9 Å². The third kappa shape index (κ3) is 1.19. The zero-order chi connectivity index (χ0) is 10.3. The molecule has 2 rings (SSSR count). The lowest BCUT2D eigenvalue weighted by atomic mass is 10.1. The second kappa shape index (κ2) is 2.73. The molecule has 0 radical (unpaired) electrons. The van der Waals surface area contributed by atoms with E-state index >= 15 is 0 Å². The third-order valence-electron chi connectivity index (χ3n) is 1.92. The lowest BCUT2D eigenvalue weighted by Crippen LogP contribution is -2.11. The number of fused-ring (bicyclic) bond motifs is 1. The number of amides is 1. The Morgan fingerprint density at radius 2 is 2.21 bits per heavy atom. The Kier molecular flexibility index (Phi) is 1.67. The maximum absolute atomic E-state index is 11.1. The van der Waals surface area contributed by atoms with Gasteiger partial charge in [-0.15, -0.1) is 0 Å². The van der Waals surface area contributed by atoms with E-state index in [0.29, 0.717) is 16.7 Å². The molecule has 0 saturated carbocycles. The molecule has 72 valence electrons. The Morgan fingerprint density at radius 3 is 2.86 bits per heavy atom. The predicted octanol–water partition coefficient (Wildman–Crippen LogP) is 0.817. The normalized spacial score (nSPS) is 10.6. The second-order valence-corrected chi connectivity index (χ2v) is 3.08. The van der Waals surface area contributed by atoms with E-state index < -0.39 is 5.91 Å². The molecule has 0 aliphatic rings. The number of oxazole rings is 1. The Morgan fingerprint density at radius 1 is 1.50 bits per heavy atom. The minimum Gasteiger partial charge on any atom is -0.424 e. The molecule has 4 N–H and O–H groups in total. The number of nitrogens with zero attached hydrogens (tertiary/aromatic N) is 1. The van der Waals surface area contributed by atoms with Gasteiger partial charge >= 0.3 is 0 Å². The lowest BCUT2D eigenvalue weighted by molar-refractivity contribution is 0.100. The molecule has 14 heavy (non-hydrogen) atoms. The number of rotatable bonds is 1. The highest BCUT2D eigenvalue weighted by molar-refractivity contribution is 6.04. The van der Waals surface area contributed by atoms with E-state index in [1.165, 1.54) is 0 Å². The monoisotopic (exact) mass is 191 g/mol. The number of benzene rings is 1. The first-order valence-electron chi connectivity index (χ1n) is 4.04. The maximum Gasteiger partial charge on any atom is 0.293 e. The van der Waals surface area contributed by atoms with Gasteiger partial charge in [0, 0.05) is 0 Å². The van der Waals surface area contributed by atoms with Gasteiger partial charge in [-0.1, -0.05) is 0 Å². The van der Waals surface area contributed by atoms with Gasteiger partial charge in [0.25, 0.3) is 11.9 Å². The quantitative estimate of drug-likeness (QED) is 0.697. The zero-order valence-electron chi connectivity index (χ0n) is 7.57. The fourth-order valence-corrected chi connectivity index (χ4v) is 1.37. The van der Waals surface area contributed by atoms with Crippen LogP contribution >= 0.6 is 0 Å². The van der Waals surface area contributed by atoms with Gasteiger partial charge in [0.15, 0.2) is 5.58 Å². The van der Waals surface area contributed by atoms with E-state index in [0.717, 1.165) is 5.56 Å². The molecule has 2 aromatic rings. The van der Waals surface area contributed by atoms with Crippen molar-refractivity contribution in [3.8, 4) is 0 Å². The fraction of sp³-hybridized carbons (Fsp3) is 0.111. The van der Waals surface area contributed by atoms with Crippen molar-refractivity contribution in [3.05, 3.63) is 23.3 Å². The molecule has 1 aromatic carbocycles. The van der Waals surface area contributed by atoms with Crippen molar-refractivity contribution in [1.29, 1.82) is 0 Å². The molecule has 0 unspecified atom stereocenters. The smallest absolute Gasteiger partial charge is 0.293 e. The summed E-state index contributed by atoms with van der Waals surface area (Å²) in [6.07, 6.45) is 0. The summed E-state index contributed by atoms with van der Waals surface area (Å²) in [5, 5.41) is 0. The standard InChI is InChI=1S/C9H9N3O2/c1-4-2-5(8(10)13)7-6(3-4)14-9(11)12-7/h2-3H,1H3,(H2,10,13)(H2,11,12). The van der Waals surface area contributed by atoms with Crippen molar-refractivity contribution in [2.24, 2.45) is 5.73 Å². The van der Waals surface area contributed by atoms with E-state index in [2.05, 4.69) is 4.98 Å². The van der Waals surface area contributed by atoms with Crippen molar-refractivity contribution in [2.75, 3.05) is 5.73 Å². The van der Waals surface area contributed by atoms with Crippen molar-refractivity contribution in [1.82, 2.24) is 4.98 Å². The lowest BCUT2D eigenvalue weighted by Gasteiger charge is -1.97. The molecule has 0 aliphatic heterocycles. The van der Waals surface area contributed by atoms with E-state index in [9.17, 15) is 4.79 Å². The molecule has 0 spiro atoms. The summed E-state index contributed by atoms with van der Waals surface area (Å²) in [5.74, 6) is -0.535. The first-order chi connectivity index (χ1) is 6.58. The molecule has 0 saturated heterocycles. The van der Waals surface area contributed by atoms with Crippen molar-refractivity contribution >= 4 is 23.0 Å². The van der Waals surface area contributed by atoms with Gasteiger partial charge in [0.05, 0.1) is 5.56 Å². The Balaban J connectivity index is 2.85. The number of hydrogen-bond donors (Lipinski definition) is 2. The molecule has 5 heteroatoms. The molecule has 0 bridgehead atoms. The van der Waals surface area contributed by atoms with Crippen LogP contribution in [0.5, 0.6) is 0 Å². The van der Waals surface area contributed by atoms with Crippen LogP contribution in [0.3, 0.4) is 0 Å². The highest BCUT2D eigenvalue weighted by atomic mass is 16.4. The first kappa shape index (κ1) is 8.55. The van der Waals surface area contributed by atoms with Crippen LogP contribution in [-0.4, -0.2) is 10.9 Å². The molecule has 1 aromatic heterocycles. The number of hydrogen-bond acceptors (Lipinski definition) is 4. The van der Waals surface area contributed by atoms with E-state index in [1.54, 1.807) is 12.1 Å². The Labute approximate surface area is 79.7 Å².